The van der Waals surface area contributed by atoms with Crippen LogP contribution >= 0.6 is 0 Å². The molecule has 1 atom stereocenters. The maximum absolute atomic E-state index is 5.53. The van der Waals surface area contributed by atoms with Crippen molar-refractivity contribution in [1.29, 1.82) is 0 Å². The lowest BCUT2D eigenvalue weighted by Gasteiger charge is -2.12. The van der Waals surface area contributed by atoms with Gasteiger partial charge in [-0.3, -0.25) is 5.84 Å². The molecule has 0 fully saturated rings. The lowest BCUT2D eigenvalue weighted by Crippen LogP contribution is -2.28. The first-order valence-corrected chi connectivity index (χ1v) is 5.89. The van der Waals surface area contributed by atoms with Gasteiger partial charge in [-0.25, -0.2) is 10.4 Å². The van der Waals surface area contributed by atoms with Crippen molar-refractivity contribution in [2.45, 2.75) is 25.3 Å². The monoisotopic (exact) mass is 230 g/mol. The molecule has 1 aromatic carbocycles. The Balaban J connectivity index is 1.81. The van der Waals surface area contributed by atoms with Crippen LogP contribution in [0.15, 0.2) is 42.7 Å². The van der Waals surface area contributed by atoms with E-state index in [2.05, 4.69) is 39.7 Å². The van der Waals surface area contributed by atoms with Crippen LogP contribution in [0.25, 0.3) is 0 Å². The standard InChI is InChI=1S/C13H18N4/c14-17-12(13-15-9-10-16-13)8-4-7-11-5-2-1-3-6-11/h1-3,5-6,9-10,12,17H,4,7-8,14H2,(H,15,16). The number of rotatable bonds is 6. The SMILES string of the molecule is NNC(CCCc1ccccc1)c1ncc[nH]1. The van der Waals surface area contributed by atoms with Gasteiger partial charge in [-0.2, -0.15) is 0 Å². The zero-order valence-electron chi connectivity index (χ0n) is 9.76. The predicted molar refractivity (Wildman–Crippen MR) is 68.0 cm³/mol. The summed E-state index contributed by atoms with van der Waals surface area (Å²) in [5.74, 6) is 6.44. The lowest BCUT2D eigenvalue weighted by molar-refractivity contribution is 0.479. The van der Waals surface area contributed by atoms with Crippen LogP contribution in [0.1, 0.15) is 30.3 Å². The summed E-state index contributed by atoms with van der Waals surface area (Å²) in [6.45, 7) is 0. The van der Waals surface area contributed by atoms with Crippen molar-refractivity contribution in [1.82, 2.24) is 15.4 Å². The Morgan fingerprint density at radius 2 is 2.12 bits per heavy atom. The second-order valence-corrected chi connectivity index (χ2v) is 4.07. The van der Waals surface area contributed by atoms with Crippen LogP contribution in [-0.2, 0) is 6.42 Å². The van der Waals surface area contributed by atoms with Crippen molar-refractivity contribution < 1.29 is 0 Å². The van der Waals surface area contributed by atoms with Gasteiger partial charge < -0.3 is 4.98 Å². The number of H-pyrrole nitrogens is 1. The quantitative estimate of drug-likeness (QED) is 0.525. The molecule has 2 aromatic rings. The van der Waals surface area contributed by atoms with E-state index in [4.69, 9.17) is 5.84 Å². The molecule has 17 heavy (non-hydrogen) atoms. The third-order valence-corrected chi connectivity index (χ3v) is 2.85. The minimum Gasteiger partial charge on any atom is -0.347 e. The number of nitrogens with two attached hydrogens (primary N) is 1. The largest absolute Gasteiger partial charge is 0.347 e. The highest BCUT2D eigenvalue weighted by Crippen LogP contribution is 2.15. The van der Waals surface area contributed by atoms with E-state index < -0.39 is 0 Å². The molecule has 1 aromatic heterocycles. The van der Waals surface area contributed by atoms with E-state index in [1.54, 1.807) is 6.20 Å². The molecular weight excluding hydrogens is 212 g/mol. The average Bonchev–Trinajstić information content (AvgIpc) is 2.90. The number of aromatic nitrogens is 2. The van der Waals surface area contributed by atoms with E-state index in [1.807, 2.05) is 12.3 Å². The molecule has 0 aliphatic heterocycles. The zero-order valence-corrected chi connectivity index (χ0v) is 9.76. The second kappa shape index (κ2) is 6.18. The van der Waals surface area contributed by atoms with Gasteiger partial charge in [0.05, 0.1) is 6.04 Å². The molecule has 90 valence electrons. The molecule has 1 unspecified atom stereocenters. The van der Waals surface area contributed by atoms with E-state index in [-0.39, 0.29) is 6.04 Å². The molecule has 0 aliphatic carbocycles. The average molecular weight is 230 g/mol. The molecule has 4 heteroatoms. The number of aryl methyl sites for hydroxylation is 1. The van der Waals surface area contributed by atoms with Gasteiger partial charge in [0, 0.05) is 12.4 Å². The summed E-state index contributed by atoms with van der Waals surface area (Å²) < 4.78 is 0. The second-order valence-electron chi connectivity index (χ2n) is 4.07. The Kier molecular flexibility index (Phi) is 4.30. The van der Waals surface area contributed by atoms with Crippen molar-refractivity contribution in [3.05, 3.63) is 54.1 Å². The minimum absolute atomic E-state index is 0.105. The number of nitrogens with one attached hydrogen (secondary N) is 2. The Morgan fingerprint density at radius 3 is 2.76 bits per heavy atom. The van der Waals surface area contributed by atoms with Crippen molar-refractivity contribution in [3.8, 4) is 0 Å². The maximum Gasteiger partial charge on any atom is 0.124 e. The molecule has 0 bridgehead atoms. The van der Waals surface area contributed by atoms with Crippen LogP contribution in [0.5, 0.6) is 0 Å². The first-order chi connectivity index (χ1) is 8.40. The van der Waals surface area contributed by atoms with Crippen molar-refractivity contribution in [2.75, 3.05) is 0 Å². The van der Waals surface area contributed by atoms with E-state index in [0.717, 1.165) is 25.1 Å². The third-order valence-electron chi connectivity index (χ3n) is 2.85. The molecule has 0 aliphatic rings. The smallest absolute Gasteiger partial charge is 0.124 e. The van der Waals surface area contributed by atoms with Crippen LogP contribution in [0.2, 0.25) is 0 Å². The molecule has 0 radical (unpaired) electrons. The molecular formula is C13H18N4. The van der Waals surface area contributed by atoms with E-state index in [1.165, 1.54) is 5.56 Å². The summed E-state index contributed by atoms with van der Waals surface area (Å²) in [5.41, 5.74) is 4.16. The van der Waals surface area contributed by atoms with Crippen LogP contribution in [0.3, 0.4) is 0 Å². The summed E-state index contributed by atoms with van der Waals surface area (Å²) in [4.78, 5) is 7.30. The maximum atomic E-state index is 5.53. The summed E-state index contributed by atoms with van der Waals surface area (Å²) in [7, 11) is 0. The van der Waals surface area contributed by atoms with Crippen molar-refractivity contribution >= 4 is 0 Å². The van der Waals surface area contributed by atoms with Crippen molar-refractivity contribution in [3.63, 3.8) is 0 Å². The van der Waals surface area contributed by atoms with Gasteiger partial charge in [-0.1, -0.05) is 30.3 Å². The van der Waals surface area contributed by atoms with E-state index >= 15 is 0 Å². The van der Waals surface area contributed by atoms with Gasteiger partial charge >= 0.3 is 0 Å². The summed E-state index contributed by atoms with van der Waals surface area (Å²) in [6.07, 6.45) is 6.69. The van der Waals surface area contributed by atoms with Gasteiger partial charge in [-0.05, 0) is 24.8 Å². The highest BCUT2D eigenvalue weighted by Gasteiger charge is 2.10. The van der Waals surface area contributed by atoms with Crippen LogP contribution in [0.4, 0.5) is 0 Å². The lowest BCUT2D eigenvalue weighted by atomic mass is 10.0. The summed E-state index contributed by atoms with van der Waals surface area (Å²) in [6, 6.07) is 10.6. The van der Waals surface area contributed by atoms with E-state index in [9.17, 15) is 0 Å². The van der Waals surface area contributed by atoms with Gasteiger partial charge in [0.2, 0.25) is 0 Å². The highest BCUT2D eigenvalue weighted by molar-refractivity contribution is 5.14. The number of hydrogen-bond donors (Lipinski definition) is 3. The third kappa shape index (κ3) is 3.41. The molecule has 4 nitrogen and oxygen atoms in total. The molecule has 2 rings (SSSR count). The van der Waals surface area contributed by atoms with Crippen LogP contribution < -0.4 is 11.3 Å². The minimum atomic E-state index is 0.105. The fraction of sp³-hybridized carbons (Fsp3) is 0.308. The summed E-state index contributed by atoms with van der Waals surface area (Å²) in [5, 5.41) is 0. The highest BCUT2D eigenvalue weighted by atomic mass is 15.2. The first-order valence-electron chi connectivity index (χ1n) is 5.89. The first kappa shape index (κ1) is 11.8. The number of imidazole rings is 1. The Labute approximate surface area is 101 Å². The number of nitrogens with zero attached hydrogens (tertiary/aromatic N) is 1. The van der Waals surface area contributed by atoms with Gasteiger partial charge in [0.1, 0.15) is 5.82 Å². The van der Waals surface area contributed by atoms with Gasteiger partial charge in [-0.15, -0.1) is 0 Å². The molecule has 1 heterocycles. The zero-order chi connectivity index (χ0) is 11.9. The molecule has 0 saturated heterocycles. The Hall–Kier alpha value is -1.65. The molecule has 4 N–H and O–H groups in total. The fourth-order valence-corrected chi connectivity index (χ4v) is 1.92. The molecule has 0 amide bonds. The number of hydrazine groups is 1. The van der Waals surface area contributed by atoms with Crippen LogP contribution in [0, 0.1) is 0 Å². The number of aromatic amines is 1. The van der Waals surface area contributed by atoms with E-state index in [0.29, 0.717) is 0 Å². The number of benzene rings is 1. The molecule has 0 spiro atoms. The Bertz CT molecular complexity index is 410. The molecule has 0 saturated carbocycles. The summed E-state index contributed by atoms with van der Waals surface area (Å²) >= 11 is 0. The van der Waals surface area contributed by atoms with Gasteiger partial charge in [0.15, 0.2) is 0 Å². The van der Waals surface area contributed by atoms with Gasteiger partial charge in [0.25, 0.3) is 0 Å². The predicted octanol–water partition coefficient (Wildman–Crippen LogP) is 1.94. The topological polar surface area (TPSA) is 66.7 Å². The number of hydrogen-bond acceptors (Lipinski definition) is 3. The van der Waals surface area contributed by atoms with Crippen LogP contribution in [-0.4, -0.2) is 9.97 Å². The Morgan fingerprint density at radius 1 is 1.29 bits per heavy atom. The fourth-order valence-electron chi connectivity index (χ4n) is 1.92. The normalized spacial score (nSPS) is 12.5. The van der Waals surface area contributed by atoms with Crippen molar-refractivity contribution in [2.24, 2.45) is 5.84 Å².